The lowest BCUT2D eigenvalue weighted by atomic mass is 10.3. The Kier molecular flexibility index (Phi) is 12.8. The standard InChI is InChI=1S/C15H25NO3.C2H2O4/c1-4-18-14-5-7-15(8-6-14)19-12-11-17-10-9-16-13(2)3;3-1(4)2(5)6/h5-8,13,16H,4,9-12H2,1-3H3;(H,3,4)(H,5,6). The summed E-state index contributed by atoms with van der Waals surface area (Å²) in [7, 11) is 0. The maximum atomic E-state index is 9.10. The average molecular weight is 357 g/mol. The minimum absolute atomic E-state index is 0.503. The molecule has 1 aromatic carbocycles. The molecule has 0 bridgehead atoms. The van der Waals surface area contributed by atoms with Crippen LogP contribution in [0.15, 0.2) is 24.3 Å². The highest BCUT2D eigenvalue weighted by Crippen LogP contribution is 2.17. The van der Waals surface area contributed by atoms with Crippen molar-refractivity contribution >= 4 is 11.9 Å². The highest BCUT2D eigenvalue weighted by molar-refractivity contribution is 6.27. The van der Waals surface area contributed by atoms with Crippen molar-refractivity contribution in [3.8, 4) is 11.5 Å². The predicted molar refractivity (Wildman–Crippen MR) is 92.3 cm³/mol. The fourth-order valence-electron chi connectivity index (χ4n) is 1.54. The van der Waals surface area contributed by atoms with Crippen molar-refractivity contribution in [3.63, 3.8) is 0 Å². The summed E-state index contributed by atoms with van der Waals surface area (Å²) in [6.45, 7) is 9.65. The molecule has 8 heteroatoms. The lowest BCUT2D eigenvalue weighted by molar-refractivity contribution is -0.159. The van der Waals surface area contributed by atoms with Crippen molar-refractivity contribution in [1.82, 2.24) is 5.32 Å². The van der Waals surface area contributed by atoms with E-state index in [0.717, 1.165) is 18.0 Å². The lowest BCUT2D eigenvalue weighted by Crippen LogP contribution is -2.27. The first-order valence-corrected chi connectivity index (χ1v) is 7.99. The quantitative estimate of drug-likeness (QED) is 0.428. The number of nitrogens with one attached hydrogen (secondary N) is 1. The van der Waals surface area contributed by atoms with Gasteiger partial charge >= 0.3 is 11.9 Å². The number of carboxylic acid groups (broad SMARTS) is 2. The molecule has 0 aliphatic rings. The lowest BCUT2D eigenvalue weighted by Gasteiger charge is -2.10. The van der Waals surface area contributed by atoms with Crippen molar-refractivity contribution in [2.24, 2.45) is 0 Å². The van der Waals surface area contributed by atoms with Crippen molar-refractivity contribution in [3.05, 3.63) is 24.3 Å². The van der Waals surface area contributed by atoms with Gasteiger partial charge in [-0.05, 0) is 31.2 Å². The van der Waals surface area contributed by atoms with E-state index in [1.165, 1.54) is 0 Å². The summed E-state index contributed by atoms with van der Waals surface area (Å²) in [5.41, 5.74) is 0. The van der Waals surface area contributed by atoms with Crippen molar-refractivity contribution in [1.29, 1.82) is 0 Å². The molecule has 0 unspecified atom stereocenters. The molecular weight excluding hydrogens is 330 g/mol. The molecule has 0 amide bonds. The predicted octanol–water partition coefficient (Wildman–Crippen LogP) is 1.63. The van der Waals surface area contributed by atoms with Crippen LogP contribution in [-0.2, 0) is 14.3 Å². The third-order valence-corrected chi connectivity index (χ3v) is 2.61. The monoisotopic (exact) mass is 357 g/mol. The topological polar surface area (TPSA) is 114 Å². The van der Waals surface area contributed by atoms with E-state index in [1.807, 2.05) is 31.2 Å². The van der Waals surface area contributed by atoms with Gasteiger partial charge in [-0.25, -0.2) is 9.59 Å². The molecule has 0 heterocycles. The van der Waals surface area contributed by atoms with Gasteiger partial charge in [-0.3, -0.25) is 0 Å². The summed E-state index contributed by atoms with van der Waals surface area (Å²) < 4.78 is 16.4. The number of rotatable bonds is 10. The molecule has 0 saturated heterocycles. The molecule has 25 heavy (non-hydrogen) atoms. The maximum Gasteiger partial charge on any atom is 0.414 e. The van der Waals surface area contributed by atoms with Crippen molar-refractivity contribution < 1.29 is 34.0 Å². The number of benzene rings is 1. The fourth-order valence-corrected chi connectivity index (χ4v) is 1.54. The van der Waals surface area contributed by atoms with Gasteiger partial charge < -0.3 is 29.7 Å². The molecule has 0 atom stereocenters. The van der Waals surface area contributed by atoms with E-state index in [2.05, 4.69) is 19.2 Å². The van der Waals surface area contributed by atoms with Gasteiger partial charge in [0, 0.05) is 12.6 Å². The van der Waals surface area contributed by atoms with Gasteiger partial charge in [0.1, 0.15) is 18.1 Å². The molecule has 0 aromatic heterocycles. The largest absolute Gasteiger partial charge is 0.494 e. The van der Waals surface area contributed by atoms with Crippen LogP contribution in [-0.4, -0.2) is 61.2 Å². The molecule has 0 fully saturated rings. The van der Waals surface area contributed by atoms with E-state index < -0.39 is 11.9 Å². The fraction of sp³-hybridized carbons (Fsp3) is 0.529. The van der Waals surface area contributed by atoms with Crippen molar-refractivity contribution in [2.75, 3.05) is 33.0 Å². The second-order valence-electron chi connectivity index (χ2n) is 5.08. The molecule has 0 spiro atoms. The van der Waals surface area contributed by atoms with E-state index >= 15 is 0 Å². The number of hydrogen-bond donors (Lipinski definition) is 3. The summed E-state index contributed by atoms with van der Waals surface area (Å²) in [6.07, 6.45) is 0. The van der Waals surface area contributed by atoms with E-state index in [4.69, 9.17) is 34.0 Å². The highest BCUT2D eigenvalue weighted by atomic mass is 16.5. The molecule has 0 saturated carbocycles. The Labute approximate surface area is 147 Å². The first-order chi connectivity index (χ1) is 11.9. The van der Waals surface area contributed by atoms with Gasteiger partial charge in [0.25, 0.3) is 0 Å². The van der Waals surface area contributed by atoms with Gasteiger partial charge in [0.05, 0.1) is 19.8 Å². The zero-order valence-electron chi connectivity index (χ0n) is 14.9. The number of carboxylic acids is 2. The zero-order chi connectivity index (χ0) is 19.1. The molecule has 142 valence electrons. The van der Waals surface area contributed by atoms with E-state index in [0.29, 0.717) is 32.5 Å². The summed E-state index contributed by atoms with van der Waals surface area (Å²) in [5, 5.41) is 18.1. The van der Waals surface area contributed by atoms with Crippen molar-refractivity contribution in [2.45, 2.75) is 26.8 Å². The van der Waals surface area contributed by atoms with Crippen LogP contribution in [0.25, 0.3) is 0 Å². The smallest absolute Gasteiger partial charge is 0.414 e. The molecule has 1 aromatic rings. The van der Waals surface area contributed by atoms with E-state index in [1.54, 1.807) is 0 Å². The van der Waals surface area contributed by atoms with Crippen LogP contribution in [0.5, 0.6) is 11.5 Å². The van der Waals surface area contributed by atoms with Crippen LogP contribution in [0.3, 0.4) is 0 Å². The SMILES string of the molecule is CCOc1ccc(OCCOCCNC(C)C)cc1.O=C(O)C(=O)O. The van der Waals surface area contributed by atoms with Gasteiger partial charge in [0.15, 0.2) is 0 Å². The second-order valence-corrected chi connectivity index (χ2v) is 5.08. The molecule has 0 radical (unpaired) electrons. The molecular formula is C17H27NO7. The summed E-state index contributed by atoms with van der Waals surface area (Å²) >= 11 is 0. The number of ether oxygens (including phenoxy) is 3. The first-order valence-electron chi connectivity index (χ1n) is 7.99. The highest BCUT2D eigenvalue weighted by Gasteiger charge is 2.04. The van der Waals surface area contributed by atoms with E-state index in [-0.39, 0.29) is 0 Å². The van der Waals surface area contributed by atoms with Crippen LogP contribution in [0.2, 0.25) is 0 Å². The Hall–Kier alpha value is -2.32. The zero-order valence-corrected chi connectivity index (χ0v) is 14.9. The molecule has 8 nitrogen and oxygen atoms in total. The molecule has 3 N–H and O–H groups in total. The molecule has 0 aliphatic carbocycles. The minimum Gasteiger partial charge on any atom is -0.494 e. The maximum absolute atomic E-state index is 9.10. The van der Waals surface area contributed by atoms with Crippen LogP contribution in [0.1, 0.15) is 20.8 Å². The third kappa shape index (κ3) is 13.8. The number of carbonyl (C=O) groups is 2. The third-order valence-electron chi connectivity index (χ3n) is 2.61. The Balaban J connectivity index is 0.000000823. The van der Waals surface area contributed by atoms with Gasteiger partial charge in [-0.15, -0.1) is 0 Å². The summed E-state index contributed by atoms with van der Waals surface area (Å²) in [5.74, 6) is -1.94. The molecule has 1 rings (SSSR count). The Bertz CT molecular complexity index is 476. The van der Waals surface area contributed by atoms with Gasteiger partial charge in [0.2, 0.25) is 0 Å². The number of aliphatic carboxylic acids is 2. The van der Waals surface area contributed by atoms with E-state index in [9.17, 15) is 0 Å². The summed E-state index contributed by atoms with van der Waals surface area (Å²) in [6, 6.07) is 8.14. The molecule has 0 aliphatic heterocycles. The minimum atomic E-state index is -1.82. The number of hydrogen-bond acceptors (Lipinski definition) is 6. The second kappa shape index (κ2) is 14.1. The average Bonchev–Trinajstić information content (AvgIpc) is 2.56. The Morgan fingerprint density at radius 1 is 0.960 bits per heavy atom. The normalized spacial score (nSPS) is 9.92. The Morgan fingerprint density at radius 2 is 1.48 bits per heavy atom. The van der Waals surface area contributed by atoms with Gasteiger partial charge in [-0.2, -0.15) is 0 Å². The first kappa shape index (κ1) is 22.7. The van der Waals surface area contributed by atoms with Crippen LogP contribution in [0.4, 0.5) is 0 Å². The van der Waals surface area contributed by atoms with Gasteiger partial charge in [-0.1, -0.05) is 13.8 Å². The van der Waals surface area contributed by atoms with Crippen LogP contribution in [0, 0.1) is 0 Å². The van der Waals surface area contributed by atoms with Crippen LogP contribution < -0.4 is 14.8 Å². The summed E-state index contributed by atoms with van der Waals surface area (Å²) in [4.78, 5) is 18.2. The van der Waals surface area contributed by atoms with Crippen LogP contribution >= 0.6 is 0 Å². The Morgan fingerprint density at radius 3 is 1.92 bits per heavy atom.